The SMILES string of the molecule is CCCCOc1nc(N)c2nc(C3=CCC=C3)n(CC3=CCCC=C3)c2n1. The van der Waals surface area contributed by atoms with Crippen LogP contribution in [0.25, 0.3) is 16.7 Å². The molecule has 6 nitrogen and oxygen atoms in total. The molecule has 0 amide bonds. The summed E-state index contributed by atoms with van der Waals surface area (Å²) in [7, 11) is 0. The van der Waals surface area contributed by atoms with Crippen LogP contribution in [-0.2, 0) is 6.54 Å². The normalized spacial score (nSPS) is 16.0. The van der Waals surface area contributed by atoms with Crippen LogP contribution in [0.2, 0.25) is 0 Å². The van der Waals surface area contributed by atoms with E-state index in [-0.39, 0.29) is 0 Å². The molecule has 0 unspecified atom stereocenters. The van der Waals surface area contributed by atoms with Gasteiger partial charge in [0.15, 0.2) is 17.0 Å². The number of imidazole rings is 1. The molecular weight excluding hydrogens is 338 g/mol. The van der Waals surface area contributed by atoms with E-state index in [4.69, 9.17) is 15.5 Å². The van der Waals surface area contributed by atoms with E-state index in [1.807, 2.05) is 0 Å². The summed E-state index contributed by atoms with van der Waals surface area (Å²) in [6.45, 7) is 3.42. The third kappa shape index (κ3) is 3.65. The summed E-state index contributed by atoms with van der Waals surface area (Å²) in [5.74, 6) is 1.24. The minimum atomic E-state index is 0.324. The van der Waals surface area contributed by atoms with Crippen molar-refractivity contribution < 1.29 is 4.74 Å². The summed E-state index contributed by atoms with van der Waals surface area (Å²) in [5.41, 5.74) is 9.92. The van der Waals surface area contributed by atoms with Crippen molar-refractivity contribution in [2.45, 2.75) is 45.6 Å². The average molecular weight is 363 g/mol. The number of ether oxygens (including phenoxy) is 1. The van der Waals surface area contributed by atoms with Gasteiger partial charge >= 0.3 is 6.01 Å². The monoisotopic (exact) mass is 363 g/mol. The number of hydrogen-bond acceptors (Lipinski definition) is 5. The molecule has 2 aliphatic rings. The fraction of sp³-hybridized carbons (Fsp3) is 0.381. The zero-order chi connectivity index (χ0) is 18.6. The van der Waals surface area contributed by atoms with Gasteiger partial charge in [-0.3, -0.25) is 0 Å². The van der Waals surface area contributed by atoms with E-state index in [1.54, 1.807) is 0 Å². The van der Waals surface area contributed by atoms with Gasteiger partial charge in [0.1, 0.15) is 5.82 Å². The maximum Gasteiger partial charge on any atom is 0.320 e. The molecule has 4 rings (SSSR count). The van der Waals surface area contributed by atoms with E-state index in [1.165, 1.54) is 5.57 Å². The van der Waals surface area contributed by atoms with Gasteiger partial charge in [0.05, 0.1) is 13.2 Å². The first-order chi connectivity index (χ1) is 13.3. The highest BCUT2D eigenvalue weighted by Gasteiger charge is 2.20. The van der Waals surface area contributed by atoms with Crippen LogP contribution in [-0.4, -0.2) is 26.1 Å². The largest absolute Gasteiger partial charge is 0.463 e. The van der Waals surface area contributed by atoms with E-state index in [0.717, 1.165) is 49.1 Å². The molecule has 0 fully saturated rings. The van der Waals surface area contributed by atoms with Crippen LogP contribution in [0, 0.1) is 0 Å². The quantitative estimate of drug-likeness (QED) is 0.746. The first-order valence-corrected chi connectivity index (χ1v) is 9.65. The third-order valence-corrected chi connectivity index (χ3v) is 4.77. The number of unbranched alkanes of at least 4 members (excludes halogenated alkanes) is 1. The summed E-state index contributed by atoms with van der Waals surface area (Å²) in [5, 5.41) is 0. The van der Waals surface area contributed by atoms with Crippen molar-refractivity contribution >= 4 is 22.6 Å². The molecule has 0 saturated carbocycles. The average Bonchev–Trinajstić information content (AvgIpc) is 3.32. The number of hydrogen-bond donors (Lipinski definition) is 1. The zero-order valence-electron chi connectivity index (χ0n) is 15.7. The van der Waals surface area contributed by atoms with Crippen molar-refractivity contribution in [1.29, 1.82) is 0 Å². The summed E-state index contributed by atoms with van der Waals surface area (Å²) in [6, 6.07) is 0.324. The molecule has 2 heterocycles. The summed E-state index contributed by atoms with van der Waals surface area (Å²) >= 11 is 0. The Morgan fingerprint density at radius 1 is 1.11 bits per heavy atom. The molecule has 2 aliphatic carbocycles. The lowest BCUT2D eigenvalue weighted by Crippen LogP contribution is -2.08. The highest BCUT2D eigenvalue weighted by molar-refractivity contribution is 5.87. The molecule has 2 aromatic heterocycles. The van der Waals surface area contributed by atoms with Gasteiger partial charge < -0.3 is 15.0 Å². The second kappa shape index (κ2) is 7.78. The number of nitrogens with zero attached hydrogens (tertiary/aromatic N) is 4. The van der Waals surface area contributed by atoms with Crippen LogP contribution in [0.15, 0.2) is 42.0 Å². The van der Waals surface area contributed by atoms with Crippen LogP contribution in [0.3, 0.4) is 0 Å². The predicted molar refractivity (Wildman–Crippen MR) is 108 cm³/mol. The molecule has 0 atom stereocenters. The number of anilines is 1. The Balaban J connectivity index is 1.79. The van der Waals surface area contributed by atoms with Crippen LogP contribution < -0.4 is 10.5 Å². The first-order valence-electron chi connectivity index (χ1n) is 9.65. The number of nitrogen functional groups attached to an aromatic ring is 1. The van der Waals surface area contributed by atoms with Gasteiger partial charge in [0.2, 0.25) is 0 Å². The highest BCUT2D eigenvalue weighted by atomic mass is 16.5. The van der Waals surface area contributed by atoms with Gasteiger partial charge in [-0.15, -0.1) is 0 Å². The van der Waals surface area contributed by atoms with Gasteiger partial charge in [0, 0.05) is 5.57 Å². The van der Waals surface area contributed by atoms with Gasteiger partial charge in [-0.05, 0) is 31.3 Å². The van der Waals surface area contributed by atoms with Crippen LogP contribution >= 0.6 is 0 Å². The Labute approximate surface area is 159 Å². The third-order valence-electron chi connectivity index (χ3n) is 4.77. The van der Waals surface area contributed by atoms with Crippen molar-refractivity contribution in [1.82, 2.24) is 19.5 Å². The van der Waals surface area contributed by atoms with Gasteiger partial charge in [0.25, 0.3) is 0 Å². The first kappa shape index (κ1) is 17.5. The van der Waals surface area contributed by atoms with Crippen molar-refractivity contribution in [2.24, 2.45) is 0 Å². The van der Waals surface area contributed by atoms with Gasteiger partial charge in [-0.25, -0.2) is 4.98 Å². The Morgan fingerprint density at radius 2 is 2.04 bits per heavy atom. The van der Waals surface area contributed by atoms with Crippen LogP contribution in [0.4, 0.5) is 5.82 Å². The fourth-order valence-corrected chi connectivity index (χ4v) is 3.34. The fourth-order valence-electron chi connectivity index (χ4n) is 3.34. The number of rotatable bonds is 7. The Morgan fingerprint density at radius 3 is 2.78 bits per heavy atom. The van der Waals surface area contributed by atoms with E-state index in [9.17, 15) is 0 Å². The summed E-state index contributed by atoms with van der Waals surface area (Å²) < 4.78 is 7.84. The molecule has 0 bridgehead atoms. The molecule has 2 N–H and O–H groups in total. The van der Waals surface area contributed by atoms with E-state index in [0.29, 0.717) is 30.5 Å². The molecule has 0 saturated heterocycles. The number of allylic oxidation sites excluding steroid dienone is 8. The lowest BCUT2D eigenvalue weighted by atomic mass is 10.1. The summed E-state index contributed by atoms with van der Waals surface area (Å²) in [6.07, 6.45) is 18.2. The minimum Gasteiger partial charge on any atom is -0.463 e. The van der Waals surface area contributed by atoms with Crippen LogP contribution in [0.5, 0.6) is 6.01 Å². The molecular formula is C21H25N5O. The van der Waals surface area contributed by atoms with Gasteiger partial charge in [-0.1, -0.05) is 49.8 Å². The second-order valence-electron chi connectivity index (χ2n) is 6.84. The summed E-state index contributed by atoms with van der Waals surface area (Å²) in [4.78, 5) is 13.7. The highest BCUT2D eigenvalue weighted by Crippen LogP contribution is 2.29. The number of aromatic nitrogens is 4. The Kier molecular flexibility index (Phi) is 5.05. The Hall–Kier alpha value is -2.89. The molecule has 27 heavy (non-hydrogen) atoms. The predicted octanol–water partition coefficient (Wildman–Crippen LogP) is 4.21. The molecule has 0 radical (unpaired) electrons. The molecule has 140 valence electrons. The van der Waals surface area contributed by atoms with Crippen molar-refractivity contribution in [2.75, 3.05) is 12.3 Å². The standard InChI is InChI=1S/C21H25N5O/c1-2-3-13-27-21-24-18(22)17-20(25-21)26(14-15-9-5-4-6-10-15)19(23-17)16-11-7-8-12-16/h5,7,9-12H,2-4,6,8,13-14H2,1H3,(H2,22,24,25). The zero-order valence-corrected chi connectivity index (χ0v) is 15.7. The van der Waals surface area contributed by atoms with Crippen molar-refractivity contribution in [3.63, 3.8) is 0 Å². The second-order valence-corrected chi connectivity index (χ2v) is 6.84. The number of nitrogens with two attached hydrogens (primary N) is 1. The lowest BCUT2D eigenvalue weighted by molar-refractivity contribution is 0.286. The topological polar surface area (TPSA) is 78.9 Å². The Bertz CT molecular complexity index is 965. The smallest absolute Gasteiger partial charge is 0.320 e. The molecule has 6 heteroatoms. The molecule has 0 aliphatic heterocycles. The molecule has 0 spiro atoms. The van der Waals surface area contributed by atoms with E-state index < -0.39 is 0 Å². The van der Waals surface area contributed by atoms with Crippen LogP contribution in [0.1, 0.15) is 44.9 Å². The minimum absolute atomic E-state index is 0.324. The maximum absolute atomic E-state index is 6.20. The maximum atomic E-state index is 6.20. The van der Waals surface area contributed by atoms with Gasteiger partial charge in [-0.2, -0.15) is 9.97 Å². The molecule has 0 aromatic carbocycles. The van der Waals surface area contributed by atoms with Crippen molar-refractivity contribution in [3.8, 4) is 6.01 Å². The van der Waals surface area contributed by atoms with E-state index in [2.05, 4.69) is 57.9 Å². The number of fused-ring (bicyclic) bond motifs is 1. The molecule has 2 aromatic rings. The van der Waals surface area contributed by atoms with Crippen molar-refractivity contribution in [3.05, 3.63) is 47.9 Å². The van der Waals surface area contributed by atoms with E-state index >= 15 is 0 Å². The lowest BCUT2D eigenvalue weighted by Gasteiger charge is -2.12.